The summed E-state index contributed by atoms with van der Waals surface area (Å²) in [6.45, 7) is -0.271. The van der Waals surface area contributed by atoms with Crippen LogP contribution in [0.25, 0.3) is 11.3 Å². The summed E-state index contributed by atoms with van der Waals surface area (Å²) in [6.07, 6.45) is 3.20. The van der Waals surface area contributed by atoms with Crippen molar-refractivity contribution in [1.29, 1.82) is 5.26 Å². The lowest BCUT2D eigenvalue weighted by Crippen LogP contribution is -2.30. The second-order valence-electron chi connectivity index (χ2n) is 5.99. The van der Waals surface area contributed by atoms with Crippen molar-refractivity contribution in [2.24, 2.45) is 0 Å². The van der Waals surface area contributed by atoms with Gasteiger partial charge in [-0.1, -0.05) is 0 Å². The number of carbonyl (C=O) groups is 1. The summed E-state index contributed by atoms with van der Waals surface area (Å²) in [5.74, 6) is 0.562. The number of rotatable bonds is 6. The third-order valence-corrected chi connectivity index (χ3v) is 4.22. The minimum atomic E-state index is -0.545. The zero-order valence-electron chi connectivity index (χ0n) is 15.9. The van der Waals surface area contributed by atoms with E-state index in [0.29, 0.717) is 28.4 Å². The number of methoxy groups -OCH3 is 2. The molecule has 0 fully saturated rings. The fourth-order valence-corrected chi connectivity index (χ4v) is 2.84. The topological polar surface area (TPSA) is 106 Å². The Morgan fingerprint density at radius 1 is 1.17 bits per heavy atom. The number of benzene rings is 1. The van der Waals surface area contributed by atoms with Crippen LogP contribution in [0.3, 0.4) is 0 Å². The fraction of sp³-hybridized carbons (Fsp3) is 0.143. The molecule has 1 aromatic carbocycles. The molecule has 8 nitrogen and oxygen atoms in total. The van der Waals surface area contributed by atoms with Crippen molar-refractivity contribution in [2.75, 3.05) is 19.5 Å². The molecule has 29 heavy (non-hydrogen) atoms. The van der Waals surface area contributed by atoms with Gasteiger partial charge in [-0.25, -0.2) is 0 Å². The minimum Gasteiger partial charge on any atom is -0.493 e. The van der Waals surface area contributed by atoms with Crippen molar-refractivity contribution in [2.45, 2.75) is 6.54 Å². The van der Waals surface area contributed by atoms with Gasteiger partial charge in [-0.3, -0.25) is 19.1 Å². The summed E-state index contributed by atoms with van der Waals surface area (Å²) >= 11 is 0. The zero-order valence-corrected chi connectivity index (χ0v) is 15.9. The average Bonchev–Trinajstić information content (AvgIpc) is 2.75. The minimum absolute atomic E-state index is 0.0449. The molecule has 2 aromatic heterocycles. The quantitative estimate of drug-likeness (QED) is 0.693. The zero-order chi connectivity index (χ0) is 20.8. The van der Waals surface area contributed by atoms with Gasteiger partial charge in [0.05, 0.1) is 19.9 Å². The first-order chi connectivity index (χ1) is 14.1. The highest BCUT2D eigenvalue weighted by Gasteiger charge is 2.15. The first kappa shape index (κ1) is 19.6. The summed E-state index contributed by atoms with van der Waals surface area (Å²) in [5.41, 5.74) is 1.05. The maximum atomic E-state index is 12.7. The largest absolute Gasteiger partial charge is 0.493 e. The summed E-state index contributed by atoms with van der Waals surface area (Å²) < 4.78 is 11.7. The van der Waals surface area contributed by atoms with Crippen LogP contribution in [-0.4, -0.2) is 29.7 Å². The fourth-order valence-electron chi connectivity index (χ4n) is 2.84. The van der Waals surface area contributed by atoms with Crippen LogP contribution in [-0.2, 0) is 11.3 Å². The Balaban J connectivity index is 1.92. The van der Waals surface area contributed by atoms with E-state index >= 15 is 0 Å². The van der Waals surface area contributed by atoms with Gasteiger partial charge >= 0.3 is 0 Å². The first-order valence-corrected chi connectivity index (χ1v) is 8.63. The second-order valence-corrected chi connectivity index (χ2v) is 5.99. The van der Waals surface area contributed by atoms with E-state index in [2.05, 4.69) is 10.3 Å². The molecule has 0 spiro atoms. The molecule has 8 heteroatoms. The molecule has 3 rings (SSSR count). The van der Waals surface area contributed by atoms with Crippen LogP contribution in [0.4, 0.5) is 5.69 Å². The summed E-state index contributed by atoms with van der Waals surface area (Å²) in [5, 5.41) is 11.9. The molecule has 3 aromatic rings. The Kier molecular flexibility index (Phi) is 5.90. The second kappa shape index (κ2) is 8.71. The molecular weight excluding hydrogens is 372 g/mol. The van der Waals surface area contributed by atoms with Gasteiger partial charge in [-0.05, 0) is 36.4 Å². The van der Waals surface area contributed by atoms with Crippen LogP contribution in [0.2, 0.25) is 0 Å². The van der Waals surface area contributed by atoms with Crippen molar-refractivity contribution in [3.05, 3.63) is 70.8 Å². The highest BCUT2D eigenvalue weighted by Crippen LogP contribution is 2.29. The standard InChI is InChI=1S/C21H18N4O4/c1-28-18-8-6-16(10-19(18)29-2)24-20(26)13-25-17(15-4-3-9-23-12-15)7-5-14(11-22)21(25)27/h3-10,12H,13H2,1-2H3,(H,24,26). The van der Waals surface area contributed by atoms with E-state index in [4.69, 9.17) is 9.47 Å². The lowest BCUT2D eigenvalue weighted by Gasteiger charge is -2.14. The molecular formula is C21H18N4O4. The number of pyridine rings is 2. The van der Waals surface area contributed by atoms with E-state index in [1.807, 2.05) is 6.07 Å². The van der Waals surface area contributed by atoms with E-state index in [-0.39, 0.29) is 12.1 Å². The number of nitriles is 1. The smallest absolute Gasteiger partial charge is 0.269 e. The number of hydrogen-bond acceptors (Lipinski definition) is 6. The van der Waals surface area contributed by atoms with Gasteiger partial charge in [0.25, 0.3) is 5.56 Å². The molecule has 0 radical (unpaired) electrons. The monoisotopic (exact) mass is 390 g/mol. The molecule has 2 heterocycles. The maximum Gasteiger partial charge on any atom is 0.269 e. The van der Waals surface area contributed by atoms with Crippen LogP contribution >= 0.6 is 0 Å². The Labute approximate surface area is 167 Å². The third-order valence-electron chi connectivity index (χ3n) is 4.22. The molecule has 1 amide bonds. The van der Waals surface area contributed by atoms with E-state index in [9.17, 15) is 14.9 Å². The molecule has 0 bridgehead atoms. The van der Waals surface area contributed by atoms with E-state index < -0.39 is 11.5 Å². The van der Waals surface area contributed by atoms with Crippen molar-refractivity contribution < 1.29 is 14.3 Å². The van der Waals surface area contributed by atoms with Crippen LogP contribution in [0, 0.1) is 11.3 Å². The van der Waals surface area contributed by atoms with Crippen molar-refractivity contribution in [3.8, 4) is 28.8 Å². The van der Waals surface area contributed by atoms with Gasteiger partial charge in [0.1, 0.15) is 18.2 Å². The number of nitrogens with one attached hydrogen (secondary N) is 1. The number of ether oxygens (including phenoxy) is 2. The van der Waals surface area contributed by atoms with Crippen LogP contribution in [0.15, 0.2) is 59.7 Å². The average molecular weight is 390 g/mol. The molecule has 0 saturated carbocycles. The Morgan fingerprint density at radius 2 is 1.97 bits per heavy atom. The molecule has 0 saturated heterocycles. The van der Waals surface area contributed by atoms with Gasteiger partial charge in [-0.2, -0.15) is 5.26 Å². The number of hydrogen-bond donors (Lipinski definition) is 1. The lowest BCUT2D eigenvalue weighted by molar-refractivity contribution is -0.116. The molecule has 0 atom stereocenters. The first-order valence-electron chi connectivity index (χ1n) is 8.63. The Hall–Kier alpha value is -4.12. The molecule has 0 aliphatic carbocycles. The Morgan fingerprint density at radius 3 is 2.62 bits per heavy atom. The van der Waals surface area contributed by atoms with E-state index in [1.54, 1.807) is 48.8 Å². The molecule has 0 aliphatic rings. The third kappa shape index (κ3) is 4.25. The lowest BCUT2D eigenvalue weighted by atomic mass is 10.1. The van der Waals surface area contributed by atoms with Crippen LogP contribution in [0.1, 0.15) is 5.56 Å². The van der Waals surface area contributed by atoms with Crippen molar-refractivity contribution in [3.63, 3.8) is 0 Å². The SMILES string of the molecule is COc1ccc(NC(=O)Cn2c(-c3cccnc3)ccc(C#N)c2=O)cc1OC. The molecule has 1 N–H and O–H groups in total. The number of anilines is 1. The number of carbonyl (C=O) groups excluding carboxylic acids is 1. The molecule has 146 valence electrons. The predicted molar refractivity (Wildman–Crippen MR) is 107 cm³/mol. The van der Waals surface area contributed by atoms with E-state index in [1.165, 1.54) is 24.9 Å². The van der Waals surface area contributed by atoms with Gasteiger partial charge < -0.3 is 14.8 Å². The van der Waals surface area contributed by atoms with Gasteiger partial charge in [0.15, 0.2) is 11.5 Å². The highest BCUT2D eigenvalue weighted by molar-refractivity contribution is 5.91. The van der Waals surface area contributed by atoms with Crippen LogP contribution in [0.5, 0.6) is 11.5 Å². The van der Waals surface area contributed by atoms with Crippen molar-refractivity contribution >= 4 is 11.6 Å². The molecule has 0 unspecified atom stereocenters. The summed E-state index contributed by atoms with van der Waals surface area (Å²) in [6, 6.07) is 13.4. The van der Waals surface area contributed by atoms with Crippen LogP contribution < -0.4 is 20.3 Å². The van der Waals surface area contributed by atoms with Crippen molar-refractivity contribution in [1.82, 2.24) is 9.55 Å². The summed E-state index contributed by atoms with van der Waals surface area (Å²) in [4.78, 5) is 29.3. The van der Waals surface area contributed by atoms with Gasteiger partial charge in [0, 0.05) is 29.7 Å². The highest BCUT2D eigenvalue weighted by atomic mass is 16.5. The number of amides is 1. The van der Waals surface area contributed by atoms with E-state index in [0.717, 1.165) is 0 Å². The maximum absolute atomic E-state index is 12.7. The Bertz CT molecular complexity index is 1130. The summed E-state index contributed by atoms with van der Waals surface area (Å²) in [7, 11) is 3.02. The molecule has 0 aliphatic heterocycles. The van der Waals surface area contributed by atoms with Gasteiger partial charge in [0.2, 0.25) is 5.91 Å². The number of aromatic nitrogens is 2. The number of nitrogens with zero attached hydrogens (tertiary/aromatic N) is 3. The normalized spacial score (nSPS) is 10.1. The van der Waals surface area contributed by atoms with Gasteiger partial charge in [-0.15, -0.1) is 0 Å². The predicted octanol–water partition coefficient (Wildman–Crippen LogP) is 2.44.